The predicted octanol–water partition coefficient (Wildman–Crippen LogP) is 6.96. The van der Waals surface area contributed by atoms with E-state index in [2.05, 4.69) is 17.6 Å². The smallest absolute Gasteiger partial charge is 0.258 e. The Bertz CT molecular complexity index is 1350. The second-order valence-corrected chi connectivity index (χ2v) is 10.2. The molecule has 1 aliphatic rings. The number of ether oxygens (including phenoxy) is 1. The van der Waals surface area contributed by atoms with Gasteiger partial charge in [0.25, 0.3) is 11.8 Å². The minimum atomic E-state index is -0.212. The Morgan fingerprint density at radius 1 is 0.889 bits per heavy atom. The molecule has 0 aliphatic heterocycles. The number of hydrogen-bond donors (Lipinski definition) is 2. The SMILES string of the molecule is CC1CCc2c(sc(NC(=O)c3ccccc3)c2C(=O)Nc2ccc(OCc3ccccc3)cc2)C1. The molecule has 0 fully saturated rings. The van der Waals surface area contributed by atoms with Crippen LogP contribution in [0.4, 0.5) is 10.7 Å². The summed E-state index contributed by atoms with van der Waals surface area (Å²) < 4.78 is 5.86. The first-order valence-corrected chi connectivity index (χ1v) is 13.0. The van der Waals surface area contributed by atoms with Gasteiger partial charge in [-0.25, -0.2) is 0 Å². The summed E-state index contributed by atoms with van der Waals surface area (Å²) in [5, 5.41) is 6.64. The minimum absolute atomic E-state index is 0.205. The van der Waals surface area contributed by atoms with E-state index >= 15 is 0 Å². The van der Waals surface area contributed by atoms with Gasteiger partial charge < -0.3 is 15.4 Å². The van der Waals surface area contributed by atoms with Gasteiger partial charge >= 0.3 is 0 Å². The molecule has 6 heteroatoms. The summed E-state index contributed by atoms with van der Waals surface area (Å²) in [7, 11) is 0. The highest BCUT2D eigenvalue weighted by Crippen LogP contribution is 2.40. The highest BCUT2D eigenvalue weighted by molar-refractivity contribution is 7.17. The van der Waals surface area contributed by atoms with Crippen LogP contribution < -0.4 is 15.4 Å². The molecular formula is C30H28N2O3S. The fourth-order valence-corrected chi connectivity index (χ4v) is 5.82. The summed E-state index contributed by atoms with van der Waals surface area (Å²) in [5.74, 6) is 0.877. The van der Waals surface area contributed by atoms with E-state index in [1.54, 1.807) is 12.1 Å². The van der Waals surface area contributed by atoms with Crippen molar-refractivity contribution in [1.82, 2.24) is 0 Å². The third kappa shape index (κ3) is 5.50. The first-order valence-electron chi connectivity index (χ1n) is 12.2. The van der Waals surface area contributed by atoms with Crippen molar-refractivity contribution in [3.05, 3.63) is 112 Å². The van der Waals surface area contributed by atoms with Crippen molar-refractivity contribution >= 4 is 33.8 Å². The van der Waals surface area contributed by atoms with Crippen molar-refractivity contribution in [2.24, 2.45) is 5.92 Å². The molecule has 1 atom stereocenters. The Morgan fingerprint density at radius 3 is 2.31 bits per heavy atom. The molecule has 1 heterocycles. The molecule has 5 nitrogen and oxygen atoms in total. The van der Waals surface area contributed by atoms with Gasteiger partial charge in [0.1, 0.15) is 17.4 Å². The van der Waals surface area contributed by atoms with Gasteiger partial charge in [-0.15, -0.1) is 11.3 Å². The van der Waals surface area contributed by atoms with Crippen LogP contribution in [0.15, 0.2) is 84.9 Å². The van der Waals surface area contributed by atoms with Crippen LogP contribution in [0.2, 0.25) is 0 Å². The molecule has 4 aromatic rings. The molecule has 2 amide bonds. The number of hydrogen-bond acceptors (Lipinski definition) is 4. The number of carbonyl (C=O) groups excluding carboxylic acids is 2. The lowest BCUT2D eigenvalue weighted by Gasteiger charge is -2.18. The Hall–Kier alpha value is -3.90. The standard InChI is InChI=1S/C30H28N2O3S/c1-20-12-17-25-26(18-20)36-30(32-28(33)22-10-6-3-7-11-22)27(25)29(34)31-23-13-15-24(16-14-23)35-19-21-8-4-2-5-9-21/h2-11,13-16,20H,12,17-19H2,1H3,(H,31,34)(H,32,33). The van der Waals surface area contributed by atoms with Crippen LogP contribution in [-0.4, -0.2) is 11.8 Å². The van der Waals surface area contributed by atoms with Gasteiger partial charge in [-0.05, 0) is 72.7 Å². The third-order valence-corrected chi connectivity index (χ3v) is 7.53. The van der Waals surface area contributed by atoms with Crippen LogP contribution in [0.1, 0.15) is 50.1 Å². The van der Waals surface area contributed by atoms with Crippen molar-refractivity contribution < 1.29 is 14.3 Å². The van der Waals surface area contributed by atoms with Gasteiger partial charge in [0.05, 0.1) is 5.56 Å². The van der Waals surface area contributed by atoms with E-state index in [-0.39, 0.29) is 11.8 Å². The Kier molecular flexibility index (Phi) is 7.14. The first kappa shape index (κ1) is 23.8. The number of rotatable bonds is 7. The summed E-state index contributed by atoms with van der Waals surface area (Å²) in [6.45, 7) is 2.71. The highest BCUT2D eigenvalue weighted by Gasteiger charge is 2.28. The van der Waals surface area contributed by atoms with Crippen LogP contribution in [0.5, 0.6) is 5.75 Å². The quantitative estimate of drug-likeness (QED) is 0.291. The maximum atomic E-state index is 13.5. The van der Waals surface area contributed by atoms with Crippen molar-refractivity contribution in [2.75, 3.05) is 10.6 Å². The summed E-state index contributed by atoms with van der Waals surface area (Å²) in [6, 6.07) is 26.4. The monoisotopic (exact) mass is 496 g/mol. The molecular weight excluding hydrogens is 468 g/mol. The zero-order chi connectivity index (χ0) is 24.9. The van der Waals surface area contributed by atoms with Gasteiger partial charge in [-0.1, -0.05) is 55.5 Å². The molecule has 0 saturated carbocycles. The van der Waals surface area contributed by atoms with Gasteiger partial charge in [0, 0.05) is 16.1 Å². The molecule has 5 rings (SSSR count). The Labute approximate surface area is 215 Å². The lowest BCUT2D eigenvalue weighted by atomic mass is 9.88. The second kappa shape index (κ2) is 10.8. The molecule has 1 aliphatic carbocycles. The molecule has 0 bridgehead atoms. The van der Waals surface area contributed by atoms with Crippen LogP contribution >= 0.6 is 11.3 Å². The fraction of sp³-hybridized carbons (Fsp3) is 0.200. The lowest BCUT2D eigenvalue weighted by molar-refractivity contribution is 0.102. The van der Waals surface area contributed by atoms with E-state index in [0.29, 0.717) is 34.3 Å². The van der Waals surface area contributed by atoms with Gasteiger partial charge in [-0.3, -0.25) is 9.59 Å². The zero-order valence-electron chi connectivity index (χ0n) is 20.1. The number of benzene rings is 3. The average molecular weight is 497 g/mol. The Balaban J connectivity index is 1.33. The number of fused-ring (bicyclic) bond motifs is 1. The number of nitrogens with one attached hydrogen (secondary N) is 2. The zero-order valence-corrected chi connectivity index (χ0v) is 20.9. The summed E-state index contributed by atoms with van der Waals surface area (Å²) in [6.07, 6.45) is 2.79. The second-order valence-electron chi connectivity index (χ2n) is 9.13. The maximum Gasteiger partial charge on any atom is 0.258 e. The fourth-order valence-electron chi connectivity index (χ4n) is 4.41. The van der Waals surface area contributed by atoms with E-state index in [0.717, 1.165) is 36.1 Å². The van der Waals surface area contributed by atoms with Crippen LogP contribution in [0.25, 0.3) is 0 Å². The number of carbonyl (C=O) groups is 2. The Morgan fingerprint density at radius 2 is 1.58 bits per heavy atom. The number of thiophene rings is 1. The molecule has 0 radical (unpaired) electrons. The van der Waals surface area contributed by atoms with Crippen molar-refractivity contribution in [3.8, 4) is 5.75 Å². The van der Waals surface area contributed by atoms with E-state index in [1.165, 1.54) is 16.2 Å². The number of anilines is 2. The van der Waals surface area contributed by atoms with Gasteiger partial charge in [-0.2, -0.15) is 0 Å². The van der Waals surface area contributed by atoms with Crippen molar-refractivity contribution in [2.45, 2.75) is 32.8 Å². The molecule has 182 valence electrons. The molecule has 1 unspecified atom stereocenters. The average Bonchev–Trinajstić information content (AvgIpc) is 3.26. The summed E-state index contributed by atoms with van der Waals surface area (Å²) in [5.41, 5.74) is 3.97. The molecule has 36 heavy (non-hydrogen) atoms. The topological polar surface area (TPSA) is 67.4 Å². The van der Waals surface area contributed by atoms with Crippen molar-refractivity contribution in [1.29, 1.82) is 0 Å². The number of amides is 2. The largest absolute Gasteiger partial charge is 0.489 e. The predicted molar refractivity (Wildman–Crippen MR) is 145 cm³/mol. The van der Waals surface area contributed by atoms with Gasteiger partial charge in [0.15, 0.2) is 0 Å². The molecule has 3 aromatic carbocycles. The minimum Gasteiger partial charge on any atom is -0.489 e. The van der Waals surface area contributed by atoms with Crippen LogP contribution in [0.3, 0.4) is 0 Å². The third-order valence-electron chi connectivity index (χ3n) is 6.36. The molecule has 0 spiro atoms. The lowest BCUT2D eigenvalue weighted by Crippen LogP contribution is -2.19. The summed E-state index contributed by atoms with van der Waals surface area (Å²) in [4.78, 5) is 27.5. The maximum absolute atomic E-state index is 13.5. The normalized spacial score (nSPS) is 14.5. The highest BCUT2D eigenvalue weighted by atomic mass is 32.1. The molecule has 2 N–H and O–H groups in total. The molecule has 1 aromatic heterocycles. The van der Waals surface area contributed by atoms with Crippen LogP contribution in [0, 0.1) is 5.92 Å². The summed E-state index contributed by atoms with van der Waals surface area (Å²) >= 11 is 1.52. The van der Waals surface area contributed by atoms with Crippen molar-refractivity contribution in [3.63, 3.8) is 0 Å². The van der Waals surface area contributed by atoms with E-state index in [4.69, 9.17) is 4.74 Å². The molecule has 0 saturated heterocycles. The first-order chi connectivity index (χ1) is 17.6. The van der Waals surface area contributed by atoms with E-state index in [1.807, 2.05) is 72.8 Å². The van der Waals surface area contributed by atoms with E-state index < -0.39 is 0 Å². The van der Waals surface area contributed by atoms with E-state index in [9.17, 15) is 9.59 Å². The van der Waals surface area contributed by atoms with Crippen LogP contribution in [-0.2, 0) is 19.4 Å². The van der Waals surface area contributed by atoms with Gasteiger partial charge in [0.2, 0.25) is 0 Å².